The van der Waals surface area contributed by atoms with Crippen molar-refractivity contribution in [3.63, 3.8) is 0 Å². The molecule has 0 amide bonds. The van der Waals surface area contributed by atoms with Crippen LogP contribution in [0.5, 0.6) is 5.75 Å². The third-order valence-electron chi connectivity index (χ3n) is 1.78. The Balaban J connectivity index is 2.99. The van der Waals surface area contributed by atoms with Crippen molar-refractivity contribution in [3.05, 3.63) is 27.7 Å². The Bertz CT molecular complexity index is 315. The third kappa shape index (κ3) is 2.87. The molecule has 0 unspecified atom stereocenters. The number of benzene rings is 1. The van der Waals surface area contributed by atoms with Crippen LogP contribution in [0.4, 0.5) is 0 Å². The summed E-state index contributed by atoms with van der Waals surface area (Å²) < 4.78 is 11.3. The van der Waals surface area contributed by atoms with Gasteiger partial charge < -0.3 is 9.47 Å². The van der Waals surface area contributed by atoms with E-state index >= 15 is 0 Å². The maximum Gasteiger partial charge on any atom is 0.188 e. The first-order valence-electron chi connectivity index (χ1n) is 4.15. The molecule has 0 bridgehead atoms. The molecule has 0 aliphatic heterocycles. The number of ether oxygens (including phenoxy) is 2. The van der Waals surface area contributed by atoms with E-state index in [0.717, 1.165) is 21.3 Å². The summed E-state index contributed by atoms with van der Waals surface area (Å²) in [5.41, 5.74) is 2.02. The van der Waals surface area contributed by atoms with Crippen molar-refractivity contribution in [3.8, 4) is 5.75 Å². The molecule has 0 aromatic heterocycles. The number of aryl methyl sites for hydroxylation is 1. The molecule has 1 rings (SSSR count). The minimum atomic E-state index is 0.242. The molecule has 0 saturated heterocycles. The van der Waals surface area contributed by atoms with Crippen LogP contribution in [0, 0.1) is 6.92 Å². The fourth-order valence-corrected chi connectivity index (χ4v) is 2.04. The standard InChI is InChI=1S/C10H12BrClO2/c1-7-3-9(11)4-8(5-12)10(7)14-6-13-2/h3-4H,5-6H2,1-2H3. The van der Waals surface area contributed by atoms with E-state index in [-0.39, 0.29) is 6.79 Å². The lowest BCUT2D eigenvalue weighted by atomic mass is 10.1. The molecule has 14 heavy (non-hydrogen) atoms. The Labute approximate surface area is 97.3 Å². The monoisotopic (exact) mass is 278 g/mol. The smallest absolute Gasteiger partial charge is 0.188 e. The number of hydrogen-bond acceptors (Lipinski definition) is 2. The molecule has 1 aromatic rings. The normalized spacial score (nSPS) is 10.3. The number of alkyl halides is 1. The molecule has 0 spiro atoms. The van der Waals surface area contributed by atoms with E-state index < -0.39 is 0 Å². The number of hydrogen-bond donors (Lipinski definition) is 0. The maximum atomic E-state index is 5.81. The Kier molecular flexibility index (Phi) is 4.72. The Morgan fingerprint density at radius 2 is 2.14 bits per heavy atom. The molecule has 0 radical (unpaired) electrons. The summed E-state index contributed by atoms with van der Waals surface area (Å²) in [5, 5.41) is 0. The molecular formula is C10H12BrClO2. The number of halogens is 2. The summed E-state index contributed by atoms with van der Waals surface area (Å²) in [6.07, 6.45) is 0. The molecule has 0 heterocycles. The van der Waals surface area contributed by atoms with E-state index in [9.17, 15) is 0 Å². The summed E-state index contributed by atoms with van der Waals surface area (Å²) in [4.78, 5) is 0. The van der Waals surface area contributed by atoms with Gasteiger partial charge in [0.2, 0.25) is 0 Å². The van der Waals surface area contributed by atoms with Gasteiger partial charge in [0.25, 0.3) is 0 Å². The van der Waals surface area contributed by atoms with E-state index in [0.29, 0.717) is 5.88 Å². The van der Waals surface area contributed by atoms with Crippen LogP contribution in [0.2, 0.25) is 0 Å². The van der Waals surface area contributed by atoms with Crippen molar-refractivity contribution in [2.75, 3.05) is 13.9 Å². The number of methoxy groups -OCH3 is 1. The summed E-state index contributed by atoms with van der Waals surface area (Å²) in [6.45, 7) is 2.22. The second kappa shape index (κ2) is 5.59. The van der Waals surface area contributed by atoms with Gasteiger partial charge >= 0.3 is 0 Å². The Morgan fingerprint density at radius 3 is 2.71 bits per heavy atom. The van der Waals surface area contributed by atoms with E-state index in [1.807, 2.05) is 19.1 Å². The lowest BCUT2D eigenvalue weighted by Gasteiger charge is -2.12. The van der Waals surface area contributed by atoms with E-state index in [4.69, 9.17) is 21.1 Å². The van der Waals surface area contributed by atoms with Gasteiger partial charge in [-0.15, -0.1) is 11.6 Å². The SMILES string of the molecule is COCOc1c(C)cc(Br)cc1CCl. The average Bonchev–Trinajstić information content (AvgIpc) is 2.15. The van der Waals surface area contributed by atoms with Gasteiger partial charge in [-0.05, 0) is 24.6 Å². The molecule has 0 aliphatic rings. The lowest BCUT2D eigenvalue weighted by molar-refractivity contribution is 0.0500. The zero-order valence-corrected chi connectivity index (χ0v) is 10.5. The molecule has 0 N–H and O–H groups in total. The van der Waals surface area contributed by atoms with E-state index in [1.165, 1.54) is 0 Å². The summed E-state index contributed by atoms with van der Waals surface area (Å²) in [6, 6.07) is 3.94. The van der Waals surface area contributed by atoms with Gasteiger partial charge in [-0.2, -0.15) is 0 Å². The summed E-state index contributed by atoms with van der Waals surface area (Å²) in [5.74, 6) is 1.24. The lowest BCUT2D eigenvalue weighted by Crippen LogP contribution is -2.02. The van der Waals surface area contributed by atoms with Crippen LogP contribution in [-0.4, -0.2) is 13.9 Å². The topological polar surface area (TPSA) is 18.5 Å². The molecular weight excluding hydrogens is 267 g/mol. The van der Waals surface area contributed by atoms with Crippen LogP contribution < -0.4 is 4.74 Å². The fourth-order valence-electron chi connectivity index (χ4n) is 1.22. The van der Waals surface area contributed by atoms with E-state index in [2.05, 4.69) is 15.9 Å². The second-order valence-corrected chi connectivity index (χ2v) is 4.08. The van der Waals surface area contributed by atoms with Crippen LogP contribution in [0.25, 0.3) is 0 Å². The second-order valence-electron chi connectivity index (χ2n) is 2.90. The zero-order valence-electron chi connectivity index (χ0n) is 8.14. The van der Waals surface area contributed by atoms with Crippen molar-refractivity contribution < 1.29 is 9.47 Å². The largest absolute Gasteiger partial charge is 0.467 e. The molecule has 0 saturated carbocycles. The molecule has 0 atom stereocenters. The van der Waals surface area contributed by atoms with Crippen LogP contribution >= 0.6 is 27.5 Å². The molecule has 4 heteroatoms. The third-order valence-corrected chi connectivity index (χ3v) is 2.53. The highest BCUT2D eigenvalue weighted by molar-refractivity contribution is 9.10. The van der Waals surface area contributed by atoms with Gasteiger partial charge in [-0.1, -0.05) is 15.9 Å². The van der Waals surface area contributed by atoms with Crippen molar-refractivity contribution in [2.24, 2.45) is 0 Å². The fraction of sp³-hybridized carbons (Fsp3) is 0.400. The van der Waals surface area contributed by atoms with Crippen molar-refractivity contribution >= 4 is 27.5 Å². The molecule has 2 nitrogen and oxygen atoms in total. The van der Waals surface area contributed by atoms with Gasteiger partial charge in [-0.25, -0.2) is 0 Å². The highest BCUT2D eigenvalue weighted by atomic mass is 79.9. The van der Waals surface area contributed by atoms with Crippen LogP contribution in [0.1, 0.15) is 11.1 Å². The number of rotatable bonds is 4. The summed E-state index contributed by atoms with van der Waals surface area (Å²) >= 11 is 9.22. The predicted molar refractivity (Wildman–Crippen MR) is 60.9 cm³/mol. The molecule has 0 fully saturated rings. The predicted octanol–water partition coefficient (Wildman–Crippen LogP) is 3.48. The first-order valence-corrected chi connectivity index (χ1v) is 5.48. The van der Waals surface area contributed by atoms with Gasteiger partial charge in [0, 0.05) is 17.1 Å². The van der Waals surface area contributed by atoms with Gasteiger partial charge in [-0.3, -0.25) is 0 Å². The molecule has 78 valence electrons. The molecule has 0 aliphatic carbocycles. The van der Waals surface area contributed by atoms with Gasteiger partial charge in [0.1, 0.15) is 5.75 Å². The minimum absolute atomic E-state index is 0.242. The van der Waals surface area contributed by atoms with Crippen LogP contribution in [0.3, 0.4) is 0 Å². The minimum Gasteiger partial charge on any atom is -0.467 e. The van der Waals surface area contributed by atoms with Crippen LogP contribution in [0.15, 0.2) is 16.6 Å². The van der Waals surface area contributed by atoms with Crippen molar-refractivity contribution in [2.45, 2.75) is 12.8 Å². The van der Waals surface area contributed by atoms with Crippen molar-refractivity contribution in [1.82, 2.24) is 0 Å². The highest BCUT2D eigenvalue weighted by Gasteiger charge is 2.07. The van der Waals surface area contributed by atoms with Gasteiger partial charge in [0.15, 0.2) is 6.79 Å². The van der Waals surface area contributed by atoms with E-state index in [1.54, 1.807) is 7.11 Å². The van der Waals surface area contributed by atoms with Crippen LogP contribution in [-0.2, 0) is 10.6 Å². The summed E-state index contributed by atoms with van der Waals surface area (Å²) in [7, 11) is 1.59. The first kappa shape index (κ1) is 11.8. The highest BCUT2D eigenvalue weighted by Crippen LogP contribution is 2.29. The zero-order chi connectivity index (χ0) is 10.6. The molecule has 1 aromatic carbocycles. The quantitative estimate of drug-likeness (QED) is 0.620. The maximum absolute atomic E-state index is 5.81. The Morgan fingerprint density at radius 1 is 1.43 bits per heavy atom. The van der Waals surface area contributed by atoms with Crippen molar-refractivity contribution in [1.29, 1.82) is 0 Å². The average molecular weight is 280 g/mol. The first-order chi connectivity index (χ1) is 6.69. The Hall–Kier alpha value is -0.250. The van der Waals surface area contributed by atoms with Gasteiger partial charge in [0.05, 0.1) is 5.88 Å².